The zero-order valence-corrected chi connectivity index (χ0v) is 13.1. The highest BCUT2D eigenvalue weighted by molar-refractivity contribution is 5.81. The molecule has 116 valence electrons. The molecule has 1 rings (SSSR count). The molecule has 5 nitrogen and oxygen atoms in total. The van der Waals surface area contributed by atoms with Gasteiger partial charge in [0, 0.05) is 12.6 Å². The molecular formula is C15H28N2O3. The Balaban J connectivity index is 2.55. The highest BCUT2D eigenvalue weighted by Crippen LogP contribution is 2.19. The zero-order chi connectivity index (χ0) is 15.1. The summed E-state index contributed by atoms with van der Waals surface area (Å²) in [6.45, 7) is 7.55. The molecule has 0 spiro atoms. The van der Waals surface area contributed by atoms with Gasteiger partial charge in [0.2, 0.25) is 5.91 Å². The lowest BCUT2D eigenvalue weighted by Crippen LogP contribution is -2.51. The van der Waals surface area contributed by atoms with Crippen LogP contribution in [-0.2, 0) is 14.3 Å². The third-order valence-corrected chi connectivity index (χ3v) is 4.25. The van der Waals surface area contributed by atoms with Gasteiger partial charge in [0.05, 0.1) is 19.1 Å². The summed E-state index contributed by atoms with van der Waals surface area (Å²) >= 11 is 0. The third kappa shape index (κ3) is 4.47. The van der Waals surface area contributed by atoms with Crippen molar-refractivity contribution in [1.82, 2.24) is 10.2 Å². The average Bonchev–Trinajstić information content (AvgIpc) is 2.50. The molecule has 1 N–H and O–H groups in total. The number of methoxy groups -OCH3 is 1. The number of nitrogens with one attached hydrogen (secondary N) is 1. The van der Waals surface area contributed by atoms with Crippen LogP contribution < -0.4 is 5.32 Å². The van der Waals surface area contributed by atoms with Gasteiger partial charge < -0.3 is 10.1 Å². The molecule has 1 aliphatic heterocycles. The summed E-state index contributed by atoms with van der Waals surface area (Å²) in [5, 5.41) is 3.07. The summed E-state index contributed by atoms with van der Waals surface area (Å²) in [4.78, 5) is 26.0. The quantitative estimate of drug-likeness (QED) is 0.752. The molecule has 1 saturated heterocycles. The predicted octanol–water partition coefficient (Wildman–Crippen LogP) is 1.56. The molecule has 0 bridgehead atoms. The minimum Gasteiger partial charge on any atom is -0.469 e. The van der Waals surface area contributed by atoms with Crippen LogP contribution in [0, 0.1) is 5.92 Å². The second-order valence-electron chi connectivity index (χ2n) is 5.56. The Kier molecular flexibility index (Phi) is 6.99. The van der Waals surface area contributed by atoms with Crippen molar-refractivity contribution >= 4 is 11.9 Å². The van der Waals surface area contributed by atoms with E-state index in [4.69, 9.17) is 4.74 Å². The van der Waals surface area contributed by atoms with Gasteiger partial charge in [0.1, 0.15) is 0 Å². The van der Waals surface area contributed by atoms with Gasteiger partial charge in [-0.25, -0.2) is 0 Å². The number of likely N-dealkylation sites (tertiary alicyclic amines) is 1. The summed E-state index contributed by atoms with van der Waals surface area (Å²) in [6, 6.07) is 0.0502. The van der Waals surface area contributed by atoms with Crippen molar-refractivity contribution in [2.75, 3.05) is 20.2 Å². The largest absolute Gasteiger partial charge is 0.469 e. The lowest BCUT2D eigenvalue weighted by molar-refractivity contribution is -0.148. The Bertz CT molecular complexity index is 329. The number of hydrogen-bond donors (Lipinski definition) is 1. The maximum Gasteiger partial charge on any atom is 0.309 e. The first-order valence-corrected chi connectivity index (χ1v) is 7.65. The molecule has 2 unspecified atom stereocenters. The first-order chi connectivity index (χ1) is 9.53. The molecule has 0 aliphatic carbocycles. The normalized spacial score (nSPS) is 21.6. The SMILES string of the molecule is CCC(CC)NC(=O)C(C)N1CCCC(C(=O)OC)C1. The minimum absolute atomic E-state index is 0.0595. The summed E-state index contributed by atoms with van der Waals surface area (Å²) < 4.78 is 4.81. The summed E-state index contributed by atoms with van der Waals surface area (Å²) in [5.74, 6) is -0.205. The van der Waals surface area contributed by atoms with Crippen LogP contribution in [0.3, 0.4) is 0 Å². The maximum atomic E-state index is 12.2. The number of esters is 1. The van der Waals surface area contributed by atoms with Gasteiger partial charge in [-0.1, -0.05) is 13.8 Å². The van der Waals surface area contributed by atoms with E-state index in [1.165, 1.54) is 7.11 Å². The first-order valence-electron chi connectivity index (χ1n) is 7.65. The molecule has 0 radical (unpaired) electrons. The van der Waals surface area contributed by atoms with E-state index in [1.54, 1.807) is 0 Å². The number of carbonyl (C=O) groups excluding carboxylic acids is 2. The van der Waals surface area contributed by atoms with E-state index in [1.807, 2.05) is 6.92 Å². The molecule has 1 heterocycles. The van der Waals surface area contributed by atoms with Crippen molar-refractivity contribution in [1.29, 1.82) is 0 Å². The average molecular weight is 284 g/mol. The van der Waals surface area contributed by atoms with Gasteiger partial charge in [0.15, 0.2) is 0 Å². The Morgan fingerprint density at radius 1 is 1.35 bits per heavy atom. The first kappa shape index (κ1) is 17.0. The molecule has 1 aliphatic rings. The monoisotopic (exact) mass is 284 g/mol. The Labute approximate surface area is 122 Å². The molecule has 2 atom stereocenters. The standard InChI is InChI=1S/C15H28N2O3/c1-5-13(6-2)16-14(18)11(3)17-9-7-8-12(10-17)15(19)20-4/h11-13H,5-10H2,1-4H3,(H,16,18). The van der Waals surface area contributed by atoms with Crippen LogP contribution in [0.15, 0.2) is 0 Å². The molecule has 20 heavy (non-hydrogen) atoms. The number of rotatable bonds is 6. The summed E-state index contributed by atoms with van der Waals surface area (Å²) in [6.07, 6.45) is 3.67. The summed E-state index contributed by atoms with van der Waals surface area (Å²) in [5.41, 5.74) is 0. The number of ether oxygens (including phenoxy) is 1. The van der Waals surface area contributed by atoms with E-state index in [2.05, 4.69) is 24.1 Å². The predicted molar refractivity (Wildman–Crippen MR) is 78.3 cm³/mol. The third-order valence-electron chi connectivity index (χ3n) is 4.25. The van der Waals surface area contributed by atoms with Gasteiger partial charge in [0.25, 0.3) is 0 Å². The van der Waals surface area contributed by atoms with Crippen LogP contribution in [0.5, 0.6) is 0 Å². The maximum absolute atomic E-state index is 12.2. The molecule has 1 fully saturated rings. The smallest absolute Gasteiger partial charge is 0.309 e. The van der Waals surface area contributed by atoms with Crippen molar-refractivity contribution in [3.8, 4) is 0 Å². The van der Waals surface area contributed by atoms with E-state index in [-0.39, 0.29) is 29.9 Å². The highest BCUT2D eigenvalue weighted by atomic mass is 16.5. The Morgan fingerprint density at radius 3 is 2.55 bits per heavy atom. The number of carbonyl (C=O) groups is 2. The number of hydrogen-bond acceptors (Lipinski definition) is 4. The summed E-state index contributed by atoms with van der Waals surface area (Å²) in [7, 11) is 1.42. The van der Waals surface area contributed by atoms with Gasteiger partial charge in [-0.15, -0.1) is 0 Å². The van der Waals surface area contributed by atoms with Crippen LogP contribution >= 0.6 is 0 Å². The van der Waals surface area contributed by atoms with Gasteiger partial charge in [-0.05, 0) is 39.2 Å². The lowest BCUT2D eigenvalue weighted by Gasteiger charge is -2.35. The molecule has 0 aromatic carbocycles. The van der Waals surface area contributed by atoms with Gasteiger partial charge in [-0.3, -0.25) is 14.5 Å². The van der Waals surface area contributed by atoms with Crippen molar-refractivity contribution in [3.63, 3.8) is 0 Å². The second kappa shape index (κ2) is 8.25. The van der Waals surface area contributed by atoms with Crippen molar-refractivity contribution in [2.24, 2.45) is 5.92 Å². The Hall–Kier alpha value is -1.10. The minimum atomic E-state index is -0.192. The van der Waals surface area contributed by atoms with E-state index in [0.717, 1.165) is 32.2 Å². The van der Waals surface area contributed by atoms with Crippen LogP contribution in [-0.4, -0.2) is 49.1 Å². The van der Waals surface area contributed by atoms with E-state index in [0.29, 0.717) is 6.54 Å². The molecule has 0 aromatic rings. The van der Waals surface area contributed by atoms with Crippen LogP contribution in [0.25, 0.3) is 0 Å². The van der Waals surface area contributed by atoms with E-state index >= 15 is 0 Å². The van der Waals surface area contributed by atoms with Gasteiger partial charge >= 0.3 is 5.97 Å². The number of nitrogens with zero attached hydrogens (tertiary/aromatic N) is 1. The molecule has 0 aromatic heterocycles. The molecular weight excluding hydrogens is 256 g/mol. The van der Waals surface area contributed by atoms with Crippen molar-refractivity contribution in [2.45, 2.75) is 58.5 Å². The van der Waals surface area contributed by atoms with E-state index in [9.17, 15) is 9.59 Å². The van der Waals surface area contributed by atoms with Crippen LogP contribution in [0.2, 0.25) is 0 Å². The fourth-order valence-corrected chi connectivity index (χ4v) is 2.70. The number of piperidine rings is 1. The van der Waals surface area contributed by atoms with Crippen LogP contribution in [0.1, 0.15) is 46.5 Å². The topological polar surface area (TPSA) is 58.6 Å². The second-order valence-corrected chi connectivity index (χ2v) is 5.56. The van der Waals surface area contributed by atoms with Crippen LogP contribution in [0.4, 0.5) is 0 Å². The fraction of sp³-hybridized carbons (Fsp3) is 0.867. The zero-order valence-electron chi connectivity index (χ0n) is 13.1. The van der Waals surface area contributed by atoms with E-state index < -0.39 is 0 Å². The van der Waals surface area contributed by atoms with Crippen molar-refractivity contribution in [3.05, 3.63) is 0 Å². The molecule has 0 saturated carbocycles. The van der Waals surface area contributed by atoms with Gasteiger partial charge in [-0.2, -0.15) is 0 Å². The molecule has 5 heteroatoms. The Morgan fingerprint density at radius 2 is 2.00 bits per heavy atom. The lowest BCUT2D eigenvalue weighted by atomic mass is 9.97. The number of amides is 1. The highest BCUT2D eigenvalue weighted by Gasteiger charge is 2.31. The fourth-order valence-electron chi connectivity index (χ4n) is 2.70. The van der Waals surface area contributed by atoms with Crippen molar-refractivity contribution < 1.29 is 14.3 Å². The molecule has 1 amide bonds.